The van der Waals surface area contributed by atoms with E-state index in [1.807, 2.05) is 6.92 Å². The fourth-order valence-corrected chi connectivity index (χ4v) is 1.52. The highest BCUT2D eigenvalue weighted by atomic mass is 35.5. The van der Waals surface area contributed by atoms with Crippen LogP contribution in [0, 0.1) is 0 Å². The second-order valence-electron chi connectivity index (χ2n) is 2.84. The average molecular weight is 199 g/mol. The molecule has 13 heavy (non-hydrogen) atoms. The van der Waals surface area contributed by atoms with Gasteiger partial charge in [0.15, 0.2) is 5.78 Å². The lowest BCUT2D eigenvalue weighted by atomic mass is 10.0. The molecule has 0 bridgehead atoms. The molecule has 0 aliphatic carbocycles. The molecule has 0 spiro atoms. The lowest BCUT2D eigenvalue weighted by Crippen LogP contribution is -1.96. The van der Waals surface area contributed by atoms with E-state index in [1.54, 1.807) is 12.1 Å². The molecule has 1 N–H and O–H groups in total. The highest BCUT2D eigenvalue weighted by molar-refractivity contribution is 6.34. The maximum absolute atomic E-state index is 11.1. The zero-order valence-electron chi connectivity index (χ0n) is 7.60. The van der Waals surface area contributed by atoms with Crippen LogP contribution in [-0.2, 0) is 6.42 Å². The quantitative estimate of drug-likeness (QED) is 0.742. The van der Waals surface area contributed by atoms with Gasteiger partial charge in [-0.25, -0.2) is 0 Å². The number of halogens is 1. The van der Waals surface area contributed by atoms with E-state index in [-0.39, 0.29) is 17.1 Å². The van der Waals surface area contributed by atoms with Gasteiger partial charge in [-0.3, -0.25) is 4.79 Å². The Morgan fingerprint density at radius 3 is 2.62 bits per heavy atom. The average Bonchev–Trinajstić information content (AvgIpc) is 2.04. The second-order valence-corrected chi connectivity index (χ2v) is 3.25. The van der Waals surface area contributed by atoms with E-state index in [1.165, 1.54) is 6.92 Å². The minimum Gasteiger partial charge on any atom is -0.507 e. The first-order valence-corrected chi connectivity index (χ1v) is 4.47. The summed E-state index contributed by atoms with van der Waals surface area (Å²) in [7, 11) is 0. The summed E-state index contributed by atoms with van der Waals surface area (Å²) in [5.74, 6) is -0.194. The van der Waals surface area contributed by atoms with Gasteiger partial charge in [0.1, 0.15) is 5.75 Å². The Hall–Kier alpha value is -1.02. The zero-order valence-corrected chi connectivity index (χ0v) is 8.35. The molecule has 0 aliphatic heterocycles. The number of benzene rings is 1. The van der Waals surface area contributed by atoms with Gasteiger partial charge in [-0.2, -0.15) is 0 Å². The van der Waals surface area contributed by atoms with Crippen LogP contribution in [0.2, 0.25) is 5.02 Å². The Morgan fingerprint density at radius 1 is 1.54 bits per heavy atom. The van der Waals surface area contributed by atoms with Gasteiger partial charge in [-0.1, -0.05) is 24.6 Å². The van der Waals surface area contributed by atoms with Crippen LogP contribution in [0.3, 0.4) is 0 Å². The number of Topliss-reactive ketones (excluding diaryl/α,β-unsaturated/α-hetero) is 1. The van der Waals surface area contributed by atoms with Crippen molar-refractivity contribution in [1.29, 1.82) is 0 Å². The van der Waals surface area contributed by atoms with Crippen molar-refractivity contribution in [3.05, 3.63) is 28.3 Å². The maximum Gasteiger partial charge on any atom is 0.165 e. The van der Waals surface area contributed by atoms with Gasteiger partial charge in [-0.05, 0) is 25.0 Å². The molecule has 0 saturated heterocycles. The number of carbonyl (C=O) groups is 1. The highest BCUT2D eigenvalue weighted by Crippen LogP contribution is 2.29. The first-order chi connectivity index (χ1) is 6.07. The fraction of sp³-hybridized carbons (Fsp3) is 0.300. The summed E-state index contributed by atoms with van der Waals surface area (Å²) in [5.41, 5.74) is 0.968. The molecule has 0 radical (unpaired) electrons. The van der Waals surface area contributed by atoms with E-state index in [0.29, 0.717) is 11.4 Å². The topological polar surface area (TPSA) is 37.3 Å². The third-order valence-corrected chi connectivity index (χ3v) is 2.26. The van der Waals surface area contributed by atoms with E-state index < -0.39 is 0 Å². The van der Waals surface area contributed by atoms with Crippen LogP contribution in [0.15, 0.2) is 12.1 Å². The third kappa shape index (κ3) is 1.83. The Balaban J connectivity index is 3.38. The minimum absolute atomic E-state index is 0.0162. The van der Waals surface area contributed by atoms with Crippen LogP contribution in [-0.4, -0.2) is 10.9 Å². The summed E-state index contributed by atoms with van der Waals surface area (Å²) in [5, 5.41) is 9.94. The van der Waals surface area contributed by atoms with E-state index >= 15 is 0 Å². The summed E-state index contributed by atoms with van der Waals surface area (Å²) in [6.45, 7) is 3.30. The number of carbonyl (C=O) groups excluding carboxylic acids is 1. The number of hydrogen-bond donors (Lipinski definition) is 1. The minimum atomic E-state index is -0.210. The Bertz CT molecular complexity index is 345. The highest BCUT2D eigenvalue weighted by Gasteiger charge is 2.13. The predicted molar refractivity (Wildman–Crippen MR) is 52.5 cm³/mol. The Morgan fingerprint density at radius 2 is 2.15 bits per heavy atom. The van der Waals surface area contributed by atoms with Crippen LogP contribution in [0.4, 0.5) is 0 Å². The molecule has 3 heteroatoms. The molecule has 0 fully saturated rings. The van der Waals surface area contributed by atoms with E-state index in [4.69, 9.17) is 11.6 Å². The molecule has 0 aliphatic rings. The van der Waals surface area contributed by atoms with Crippen molar-refractivity contribution >= 4 is 17.4 Å². The Kier molecular flexibility index (Phi) is 2.94. The molecule has 0 amide bonds. The maximum atomic E-state index is 11.1. The molecule has 2 nitrogen and oxygen atoms in total. The lowest BCUT2D eigenvalue weighted by Gasteiger charge is -2.07. The van der Waals surface area contributed by atoms with Crippen molar-refractivity contribution in [1.82, 2.24) is 0 Å². The summed E-state index contributed by atoms with van der Waals surface area (Å²) < 4.78 is 0. The van der Waals surface area contributed by atoms with Gasteiger partial charge in [0.2, 0.25) is 0 Å². The summed E-state index contributed by atoms with van der Waals surface area (Å²) in [4.78, 5) is 11.1. The van der Waals surface area contributed by atoms with Crippen LogP contribution < -0.4 is 0 Å². The van der Waals surface area contributed by atoms with Crippen molar-refractivity contribution in [2.24, 2.45) is 0 Å². The van der Waals surface area contributed by atoms with Crippen molar-refractivity contribution in [3.8, 4) is 5.75 Å². The van der Waals surface area contributed by atoms with Gasteiger partial charge in [0, 0.05) is 0 Å². The molecule has 0 unspecified atom stereocenters. The van der Waals surface area contributed by atoms with Gasteiger partial charge < -0.3 is 5.11 Å². The second kappa shape index (κ2) is 3.79. The molecule has 70 valence electrons. The lowest BCUT2D eigenvalue weighted by molar-refractivity contribution is 0.101. The van der Waals surface area contributed by atoms with Crippen molar-refractivity contribution in [2.45, 2.75) is 20.3 Å². The van der Waals surface area contributed by atoms with Crippen molar-refractivity contribution in [2.75, 3.05) is 0 Å². The number of rotatable bonds is 2. The van der Waals surface area contributed by atoms with Gasteiger partial charge in [0.05, 0.1) is 10.6 Å². The number of hydrogen-bond acceptors (Lipinski definition) is 2. The normalized spacial score (nSPS) is 10.1. The largest absolute Gasteiger partial charge is 0.507 e. The standard InChI is InChI=1S/C10H11ClO2/c1-3-7-4-5-8(11)9(6(2)12)10(7)13/h4-5,13H,3H2,1-2H3. The number of aryl methyl sites for hydroxylation is 1. The molecular weight excluding hydrogens is 188 g/mol. The SMILES string of the molecule is CCc1ccc(Cl)c(C(C)=O)c1O. The summed E-state index contributed by atoms with van der Waals surface area (Å²) in [6, 6.07) is 3.36. The van der Waals surface area contributed by atoms with Gasteiger partial charge >= 0.3 is 0 Å². The number of ketones is 1. The fourth-order valence-electron chi connectivity index (χ4n) is 1.23. The van der Waals surface area contributed by atoms with Gasteiger partial charge in [-0.15, -0.1) is 0 Å². The van der Waals surface area contributed by atoms with Crippen LogP contribution >= 0.6 is 11.6 Å². The molecular formula is C10H11ClO2. The number of phenolic OH excluding ortho intramolecular Hbond substituents is 1. The number of aromatic hydroxyl groups is 1. The summed E-state index contributed by atoms with van der Waals surface area (Å²) in [6.07, 6.45) is 0.684. The first-order valence-electron chi connectivity index (χ1n) is 4.09. The number of phenols is 1. The monoisotopic (exact) mass is 198 g/mol. The van der Waals surface area contributed by atoms with Crippen LogP contribution in [0.1, 0.15) is 29.8 Å². The molecule has 1 aromatic carbocycles. The van der Waals surface area contributed by atoms with Gasteiger partial charge in [0.25, 0.3) is 0 Å². The summed E-state index contributed by atoms with van der Waals surface area (Å²) >= 11 is 5.77. The van der Waals surface area contributed by atoms with Crippen molar-refractivity contribution in [3.63, 3.8) is 0 Å². The van der Waals surface area contributed by atoms with Crippen LogP contribution in [0.5, 0.6) is 5.75 Å². The first kappa shape index (κ1) is 10.1. The van der Waals surface area contributed by atoms with Crippen LogP contribution in [0.25, 0.3) is 0 Å². The molecule has 1 rings (SSSR count). The smallest absolute Gasteiger partial charge is 0.165 e. The van der Waals surface area contributed by atoms with E-state index in [9.17, 15) is 9.90 Å². The molecule has 0 saturated carbocycles. The molecule has 0 aromatic heterocycles. The zero-order chi connectivity index (χ0) is 10.0. The molecule has 1 aromatic rings. The molecule has 0 heterocycles. The molecule has 0 atom stereocenters. The third-order valence-electron chi connectivity index (χ3n) is 1.94. The predicted octanol–water partition coefficient (Wildman–Crippen LogP) is 2.81. The Labute approximate surface area is 82.2 Å². The van der Waals surface area contributed by atoms with Crippen molar-refractivity contribution < 1.29 is 9.90 Å². The van der Waals surface area contributed by atoms with E-state index in [0.717, 1.165) is 5.56 Å². The van der Waals surface area contributed by atoms with E-state index in [2.05, 4.69) is 0 Å².